The first kappa shape index (κ1) is 16.2. The zero-order valence-electron chi connectivity index (χ0n) is 9.50. The molecule has 0 amide bonds. The predicted octanol–water partition coefficient (Wildman–Crippen LogP) is -0.0707. The van der Waals surface area contributed by atoms with Crippen LogP contribution in [-0.4, -0.2) is 43.9 Å². The second-order valence-electron chi connectivity index (χ2n) is 2.20. The summed E-state index contributed by atoms with van der Waals surface area (Å²) >= 11 is 0. The third kappa shape index (κ3) is 14.3. The van der Waals surface area contributed by atoms with Gasteiger partial charge in [-0.2, -0.15) is 0 Å². The smallest absolute Gasteiger partial charge is 0.379 e. The SMILES string of the molecule is C=CCNNCC.CO[SiH](OC)OC. The van der Waals surface area contributed by atoms with E-state index in [2.05, 4.69) is 17.4 Å². The van der Waals surface area contributed by atoms with Crippen molar-refractivity contribution in [3.05, 3.63) is 12.7 Å². The topological polar surface area (TPSA) is 51.8 Å². The summed E-state index contributed by atoms with van der Waals surface area (Å²) in [5.41, 5.74) is 5.84. The van der Waals surface area contributed by atoms with E-state index in [0.717, 1.165) is 13.1 Å². The molecule has 0 heterocycles. The minimum atomic E-state index is -1.67. The van der Waals surface area contributed by atoms with Gasteiger partial charge in [0.15, 0.2) is 0 Å². The fourth-order valence-electron chi connectivity index (χ4n) is 0.558. The van der Waals surface area contributed by atoms with Crippen LogP contribution >= 0.6 is 0 Å². The van der Waals surface area contributed by atoms with Gasteiger partial charge in [-0.05, 0) is 0 Å². The Labute approximate surface area is 88.4 Å². The van der Waals surface area contributed by atoms with Gasteiger partial charge in [0, 0.05) is 34.4 Å². The first-order valence-electron chi connectivity index (χ1n) is 4.41. The van der Waals surface area contributed by atoms with Crippen LogP contribution in [0.1, 0.15) is 6.92 Å². The Bertz CT molecular complexity index is 107. The lowest BCUT2D eigenvalue weighted by atomic mass is 10.6. The molecule has 0 saturated heterocycles. The van der Waals surface area contributed by atoms with Crippen LogP contribution in [0.3, 0.4) is 0 Å². The molecule has 0 aliphatic carbocycles. The number of hydrazine groups is 1. The number of hydrogen-bond acceptors (Lipinski definition) is 5. The molecule has 0 unspecified atom stereocenters. The lowest BCUT2D eigenvalue weighted by Crippen LogP contribution is -2.31. The molecule has 0 bridgehead atoms. The highest BCUT2D eigenvalue weighted by molar-refractivity contribution is 6.36. The zero-order valence-corrected chi connectivity index (χ0v) is 10.7. The normalized spacial score (nSPS) is 9.50. The molecule has 0 aromatic rings. The first-order valence-corrected chi connectivity index (χ1v) is 5.83. The molecule has 0 atom stereocenters. The van der Waals surface area contributed by atoms with Crippen molar-refractivity contribution < 1.29 is 13.3 Å². The Morgan fingerprint density at radius 3 is 1.86 bits per heavy atom. The second-order valence-corrected chi connectivity index (χ2v) is 4.19. The van der Waals surface area contributed by atoms with Crippen LogP contribution in [0.2, 0.25) is 0 Å². The molecule has 0 saturated carbocycles. The molecule has 0 aliphatic heterocycles. The van der Waals surface area contributed by atoms with E-state index in [1.54, 1.807) is 21.3 Å². The summed E-state index contributed by atoms with van der Waals surface area (Å²) < 4.78 is 14.2. The van der Waals surface area contributed by atoms with Gasteiger partial charge in [-0.3, -0.25) is 10.9 Å². The largest absolute Gasteiger partial charge is 0.483 e. The molecule has 0 fully saturated rings. The number of nitrogens with one attached hydrogen (secondary N) is 2. The highest BCUT2D eigenvalue weighted by atomic mass is 28.3. The van der Waals surface area contributed by atoms with Crippen LogP contribution < -0.4 is 10.9 Å². The minimum Gasteiger partial charge on any atom is -0.379 e. The maximum absolute atomic E-state index is 4.74. The fraction of sp³-hybridized carbons (Fsp3) is 0.750. The van der Waals surface area contributed by atoms with Crippen molar-refractivity contribution in [1.29, 1.82) is 0 Å². The molecule has 0 aromatic carbocycles. The van der Waals surface area contributed by atoms with Crippen LogP contribution in [0.5, 0.6) is 0 Å². The van der Waals surface area contributed by atoms with Crippen molar-refractivity contribution in [3.8, 4) is 0 Å². The Balaban J connectivity index is 0. The van der Waals surface area contributed by atoms with Crippen molar-refractivity contribution in [2.24, 2.45) is 0 Å². The molecular formula is C8H22N2O3Si. The average molecular weight is 222 g/mol. The molecule has 6 heteroatoms. The average Bonchev–Trinajstić information content (AvgIpc) is 2.22. The van der Waals surface area contributed by atoms with Crippen LogP contribution in [0.4, 0.5) is 0 Å². The Hall–Kier alpha value is -0.243. The van der Waals surface area contributed by atoms with Gasteiger partial charge in [-0.25, -0.2) is 0 Å². The van der Waals surface area contributed by atoms with Crippen molar-refractivity contribution in [1.82, 2.24) is 10.9 Å². The highest BCUT2D eigenvalue weighted by Crippen LogP contribution is 1.81. The summed E-state index contributed by atoms with van der Waals surface area (Å²) in [4.78, 5) is 0. The van der Waals surface area contributed by atoms with Gasteiger partial charge in [0.2, 0.25) is 0 Å². The van der Waals surface area contributed by atoms with E-state index in [0.29, 0.717) is 0 Å². The van der Waals surface area contributed by atoms with E-state index in [4.69, 9.17) is 13.3 Å². The lowest BCUT2D eigenvalue weighted by Gasteiger charge is -2.05. The quantitative estimate of drug-likeness (QED) is 0.273. The number of hydrogen-bond donors (Lipinski definition) is 2. The van der Waals surface area contributed by atoms with E-state index in [9.17, 15) is 0 Å². The third-order valence-electron chi connectivity index (χ3n) is 1.13. The van der Waals surface area contributed by atoms with Gasteiger partial charge in [0.25, 0.3) is 0 Å². The maximum atomic E-state index is 4.74. The second kappa shape index (κ2) is 15.2. The minimum absolute atomic E-state index is 0.827. The van der Waals surface area contributed by atoms with E-state index in [-0.39, 0.29) is 0 Å². The lowest BCUT2D eigenvalue weighted by molar-refractivity contribution is 0.163. The van der Waals surface area contributed by atoms with Crippen LogP contribution in [0, 0.1) is 0 Å². The highest BCUT2D eigenvalue weighted by Gasteiger charge is 2.04. The summed E-state index contributed by atoms with van der Waals surface area (Å²) in [6.07, 6.45) is 1.81. The van der Waals surface area contributed by atoms with Crippen molar-refractivity contribution in [3.63, 3.8) is 0 Å². The van der Waals surface area contributed by atoms with Crippen LogP contribution in [0.25, 0.3) is 0 Å². The molecule has 0 aromatic heterocycles. The van der Waals surface area contributed by atoms with E-state index >= 15 is 0 Å². The molecule has 86 valence electrons. The van der Waals surface area contributed by atoms with Gasteiger partial charge in [-0.15, -0.1) is 6.58 Å². The monoisotopic (exact) mass is 222 g/mol. The Kier molecular flexibility index (Phi) is 17.6. The van der Waals surface area contributed by atoms with E-state index < -0.39 is 9.53 Å². The first-order chi connectivity index (χ1) is 6.76. The van der Waals surface area contributed by atoms with Crippen LogP contribution in [-0.2, 0) is 13.3 Å². The Morgan fingerprint density at radius 2 is 1.64 bits per heavy atom. The molecule has 14 heavy (non-hydrogen) atoms. The molecule has 0 aliphatic rings. The summed E-state index contributed by atoms with van der Waals surface area (Å²) in [5, 5.41) is 0. The molecule has 0 radical (unpaired) electrons. The summed E-state index contributed by atoms with van der Waals surface area (Å²) in [6.45, 7) is 7.35. The standard InChI is InChI=1S/C5H12N2.C3H10O3Si/c1-3-5-7-6-4-2;1-4-7(5-2)6-3/h3,6-7H,1,4-5H2,2H3;7H,1-3H3. The van der Waals surface area contributed by atoms with Gasteiger partial charge < -0.3 is 13.3 Å². The molecule has 0 rings (SSSR count). The van der Waals surface area contributed by atoms with Crippen molar-refractivity contribution in [2.45, 2.75) is 6.92 Å². The van der Waals surface area contributed by atoms with Gasteiger partial charge in [-0.1, -0.05) is 13.0 Å². The van der Waals surface area contributed by atoms with Crippen molar-refractivity contribution >= 4 is 9.53 Å². The molecule has 2 N–H and O–H groups in total. The molecule has 0 spiro atoms. The zero-order chi connectivity index (χ0) is 11.2. The predicted molar refractivity (Wildman–Crippen MR) is 60.1 cm³/mol. The maximum Gasteiger partial charge on any atom is 0.483 e. The fourth-order valence-corrected chi connectivity index (χ4v) is 1.14. The van der Waals surface area contributed by atoms with E-state index in [1.807, 2.05) is 13.0 Å². The summed E-state index contributed by atoms with van der Waals surface area (Å²) in [5.74, 6) is 0. The Morgan fingerprint density at radius 1 is 1.14 bits per heavy atom. The third-order valence-corrected chi connectivity index (χ3v) is 2.28. The molecular weight excluding hydrogens is 200 g/mol. The van der Waals surface area contributed by atoms with Crippen molar-refractivity contribution in [2.75, 3.05) is 34.4 Å². The van der Waals surface area contributed by atoms with Gasteiger partial charge in [0.1, 0.15) is 0 Å². The van der Waals surface area contributed by atoms with Gasteiger partial charge in [0.05, 0.1) is 0 Å². The van der Waals surface area contributed by atoms with Gasteiger partial charge >= 0.3 is 9.53 Å². The van der Waals surface area contributed by atoms with E-state index in [1.165, 1.54) is 0 Å². The number of rotatable bonds is 7. The molecule has 5 nitrogen and oxygen atoms in total. The summed E-state index contributed by atoms with van der Waals surface area (Å²) in [7, 11) is 3.05. The summed E-state index contributed by atoms with van der Waals surface area (Å²) in [6, 6.07) is 0. The van der Waals surface area contributed by atoms with Crippen LogP contribution in [0.15, 0.2) is 12.7 Å².